The Morgan fingerprint density at radius 2 is 1.94 bits per heavy atom. The fourth-order valence-corrected chi connectivity index (χ4v) is 0.695. The number of hydrogen-bond donors (Lipinski definition) is 1. The predicted octanol–water partition coefficient (Wildman–Crippen LogP) is -0.0520. The lowest BCUT2D eigenvalue weighted by Crippen LogP contribution is -2.08. The molecule has 6 heteroatoms. The van der Waals surface area contributed by atoms with Crippen LogP contribution in [0.2, 0.25) is 0 Å². The van der Waals surface area contributed by atoms with Gasteiger partial charge in [0.25, 0.3) is 0 Å². The molecule has 1 rings (SSSR count). The van der Waals surface area contributed by atoms with E-state index < -0.39 is 17.9 Å². The van der Waals surface area contributed by atoms with Crippen LogP contribution >= 0.6 is 0 Å². The fourth-order valence-electron chi connectivity index (χ4n) is 0.695. The smallest absolute Gasteiger partial charge is 0.333 e. The number of carbonyl (C=O) groups is 3. The second-order valence-corrected chi connectivity index (χ2v) is 2.99. The molecule has 0 radical (unpaired) electrons. The van der Waals surface area contributed by atoms with Crippen LogP contribution in [0.1, 0.15) is 19.8 Å². The molecule has 0 aliphatic carbocycles. The molecule has 0 bridgehead atoms. The van der Waals surface area contributed by atoms with Gasteiger partial charge in [-0.05, 0) is 6.92 Å². The second kappa shape index (κ2) is 7.58. The molecule has 1 aliphatic heterocycles. The van der Waals surface area contributed by atoms with Crippen molar-refractivity contribution in [3.8, 4) is 0 Å². The number of esters is 3. The predicted molar refractivity (Wildman–Crippen MR) is 53.2 cm³/mol. The molecular formula is C10H14O6. The summed E-state index contributed by atoms with van der Waals surface area (Å²) in [5, 5.41) is 8.19. The largest absolute Gasteiger partial charge is 0.460 e. The van der Waals surface area contributed by atoms with Crippen molar-refractivity contribution in [1.29, 1.82) is 0 Å². The van der Waals surface area contributed by atoms with Gasteiger partial charge in [0.15, 0.2) is 0 Å². The van der Waals surface area contributed by atoms with Crippen LogP contribution in [0.25, 0.3) is 0 Å². The van der Waals surface area contributed by atoms with Gasteiger partial charge in [-0.1, -0.05) is 6.58 Å². The first-order valence-corrected chi connectivity index (χ1v) is 4.64. The van der Waals surface area contributed by atoms with E-state index in [-0.39, 0.29) is 26.1 Å². The minimum atomic E-state index is -0.455. The second-order valence-electron chi connectivity index (χ2n) is 2.99. The van der Waals surface area contributed by atoms with Gasteiger partial charge < -0.3 is 14.6 Å². The maximum atomic E-state index is 10.5. The molecule has 1 fully saturated rings. The SMILES string of the molecule is C=C(C)C(=O)OCCO.O=C1CCC(=O)O1. The molecule has 1 heterocycles. The van der Waals surface area contributed by atoms with Crippen LogP contribution in [0, 0.1) is 0 Å². The highest BCUT2D eigenvalue weighted by Crippen LogP contribution is 2.03. The summed E-state index contributed by atoms with van der Waals surface area (Å²) in [6, 6.07) is 0. The molecule has 0 atom stereocenters. The molecule has 0 spiro atoms. The van der Waals surface area contributed by atoms with Gasteiger partial charge in [0.1, 0.15) is 6.61 Å². The Bertz CT molecular complexity index is 280. The first-order valence-electron chi connectivity index (χ1n) is 4.64. The quantitative estimate of drug-likeness (QED) is 0.415. The fraction of sp³-hybridized carbons (Fsp3) is 0.500. The molecule has 0 aromatic carbocycles. The molecule has 0 aromatic heterocycles. The van der Waals surface area contributed by atoms with Crippen LogP contribution < -0.4 is 0 Å². The van der Waals surface area contributed by atoms with E-state index in [2.05, 4.69) is 16.1 Å². The van der Waals surface area contributed by atoms with Crippen molar-refractivity contribution in [2.45, 2.75) is 19.8 Å². The van der Waals surface area contributed by atoms with Crippen LogP contribution in [0.5, 0.6) is 0 Å². The van der Waals surface area contributed by atoms with Crippen molar-refractivity contribution in [2.24, 2.45) is 0 Å². The van der Waals surface area contributed by atoms with Crippen molar-refractivity contribution in [3.05, 3.63) is 12.2 Å². The summed E-state index contributed by atoms with van der Waals surface area (Å²) in [7, 11) is 0. The first kappa shape index (κ1) is 14.3. The Balaban J connectivity index is 0.000000288. The monoisotopic (exact) mass is 230 g/mol. The lowest BCUT2D eigenvalue weighted by molar-refractivity contribution is -0.152. The topological polar surface area (TPSA) is 89.9 Å². The average Bonchev–Trinajstić information content (AvgIpc) is 2.59. The molecular weight excluding hydrogens is 216 g/mol. The summed E-state index contributed by atoms with van der Waals surface area (Å²) in [6.07, 6.45) is 0.525. The number of aliphatic hydroxyl groups excluding tert-OH is 1. The van der Waals surface area contributed by atoms with Crippen molar-refractivity contribution in [2.75, 3.05) is 13.2 Å². The molecule has 1 N–H and O–H groups in total. The summed E-state index contributed by atoms with van der Waals surface area (Å²) in [6.45, 7) is 4.81. The van der Waals surface area contributed by atoms with Gasteiger partial charge >= 0.3 is 17.9 Å². The summed E-state index contributed by atoms with van der Waals surface area (Å²) in [4.78, 5) is 30.5. The van der Waals surface area contributed by atoms with E-state index in [4.69, 9.17) is 5.11 Å². The van der Waals surface area contributed by atoms with Gasteiger partial charge in [0.2, 0.25) is 0 Å². The highest BCUT2D eigenvalue weighted by atomic mass is 16.6. The zero-order valence-electron chi connectivity index (χ0n) is 9.02. The van der Waals surface area contributed by atoms with E-state index in [0.717, 1.165) is 0 Å². The van der Waals surface area contributed by atoms with E-state index in [1.54, 1.807) is 6.92 Å². The number of aliphatic hydroxyl groups is 1. The number of ether oxygens (including phenoxy) is 2. The lowest BCUT2D eigenvalue weighted by Gasteiger charge is -1.99. The van der Waals surface area contributed by atoms with E-state index in [0.29, 0.717) is 5.57 Å². The van der Waals surface area contributed by atoms with Gasteiger partial charge in [-0.15, -0.1) is 0 Å². The van der Waals surface area contributed by atoms with Crippen LogP contribution in [0.4, 0.5) is 0 Å². The molecule has 0 saturated carbocycles. The first-order chi connectivity index (χ1) is 7.47. The standard InChI is InChI=1S/C6H10O3.C4H4O3/c1-5(2)6(8)9-4-3-7;5-3-1-2-4(6)7-3/h7H,1,3-4H2,2H3;1-2H2. The van der Waals surface area contributed by atoms with Gasteiger partial charge in [0, 0.05) is 5.57 Å². The number of carbonyl (C=O) groups excluding carboxylic acids is 3. The minimum absolute atomic E-state index is 0.0473. The molecule has 1 aliphatic rings. The van der Waals surface area contributed by atoms with Gasteiger partial charge in [-0.25, -0.2) is 4.79 Å². The van der Waals surface area contributed by atoms with Crippen molar-refractivity contribution in [1.82, 2.24) is 0 Å². The average molecular weight is 230 g/mol. The normalized spacial score (nSPS) is 13.6. The zero-order chi connectivity index (χ0) is 12.6. The Hall–Kier alpha value is -1.69. The molecule has 1 saturated heterocycles. The summed E-state index contributed by atoms with van der Waals surface area (Å²) in [5.74, 6) is -1.25. The Morgan fingerprint density at radius 1 is 1.44 bits per heavy atom. The zero-order valence-corrected chi connectivity index (χ0v) is 9.02. The maximum absolute atomic E-state index is 10.5. The van der Waals surface area contributed by atoms with Gasteiger partial charge in [-0.2, -0.15) is 0 Å². The molecule has 0 amide bonds. The molecule has 0 unspecified atom stereocenters. The third kappa shape index (κ3) is 6.72. The third-order valence-corrected chi connectivity index (χ3v) is 1.43. The van der Waals surface area contributed by atoms with Gasteiger partial charge in [0.05, 0.1) is 19.4 Å². The Kier molecular flexibility index (Phi) is 6.78. The van der Waals surface area contributed by atoms with Crippen LogP contribution in [-0.2, 0) is 23.9 Å². The minimum Gasteiger partial charge on any atom is -0.460 e. The highest BCUT2D eigenvalue weighted by molar-refractivity contribution is 5.92. The van der Waals surface area contributed by atoms with Crippen molar-refractivity contribution in [3.63, 3.8) is 0 Å². The highest BCUT2D eigenvalue weighted by Gasteiger charge is 2.19. The van der Waals surface area contributed by atoms with Crippen molar-refractivity contribution < 1.29 is 29.0 Å². The van der Waals surface area contributed by atoms with E-state index in [1.807, 2.05) is 0 Å². The van der Waals surface area contributed by atoms with E-state index >= 15 is 0 Å². The Morgan fingerprint density at radius 3 is 2.19 bits per heavy atom. The maximum Gasteiger partial charge on any atom is 0.333 e. The van der Waals surface area contributed by atoms with E-state index in [9.17, 15) is 14.4 Å². The number of cyclic esters (lactones) is 2. The lowest BCUT2D eigenvalue weighted by atomic mass is 10.4. The molecule has 90 valence electrons. The molecule has 16 heavy (non-hydrogen) atoms. The summed E-state index contributed by atoms with van der Waals surface area (Å²) in [5.41, 5.74) is 0.350. The third-order valence-electron chi connectivity index (χ3n) is 1.43. The molecule has 0 aromatic rings. The van der Waals surface area contributed by atoms with Crippen molar-refractivity contribution >= 4 is 17.9 Å². The van der Waals surface area contributed by atoms with Crippen LogP contribution in [0.3, 0.4) is 0 Å². The van der Waals surface area contributed by atoms with Gasteiger partial charge in [-0.3, -0.25) is 9.59 Å². The summed E-state index contributed by atoms with van der Waals surface area (Å²) < 4.78 is 8.55. The number of hydrogen-bond acceptors (Lipinski definition) is 6. The van der Waals surface area contributed by atoms with Crippen LogP contribution in [-0.4, -0.2) is 36.2 Å². The molecule has 6 nitrogen and oxygen atoms in total. The number of rotatable bonds is 3. The van der Waals surface area contributed by atoms with E-state index in [1.165, 1.54) is 0 Å². The van der Waals surface area contributed by atoms with Crippen LogP contribution in [0.15, 0.2) is 12.2 Å². The Labute approximate surface area is 92.8 Å². The summed E-state index contributed by atoms with van der Waals surface area (Å²) >= 11 is 0.